The fourth-order valence-corrected chi connectivity index (χ4v) is 4.23. The third kappa shape index (κ3) is 2.98. The monoisotopic (exact) mass is 337 g/mol. The maximum atomic E-state index is 6.16. The third-order valence-electron chi connectivity index (χ3n) is 4.02. The lowest BCUT2D eigenvalue weighted by Crippen LogP contribution is -2.24. The van der Waals surface area contributed by atoms with Crippen LogP contribution in [0.25, 0.3) is 0 Å². The van der Waals surface area contributed by atoms with Gasteiger partial charge < -0.3 is 10.1 Å². The number of thioether (sulfide) groups is 1. The zero-order chi connectivity index (χ0) is 15.7. The van der Waals surface area contributed by atoms with Crippen LogP contribution in [0.1, 0.15) is 29.3 Å². The predicted molar refractivity (Wildman–Crippen MR) is 90.9 cm³/mol. The standard InChI is InChI=1S/C16H20ClN3OS/c1-10-13(16(21-3)20(2)19-10)9-18-14-6-7-22-15-5-4-11(17)8-12(14)15/h4-5,8,14,18H,6-7,9H2,1-3H3/t14-/m0/s1. The molecule has 2 heterocycles. The summed E-state index contributed by atoms with van der Waals surface area (Å²) in [5.74, 6) is 1.94. The number of hydrogen-bond acceptors (Lipinski definition) is 4. The minimum absolute atomic E-state index is 0.319. The average Bonchev–Trinajstić information content (AvgIpc) is 2.78. The van der Waals surface area contributed by atoms with Gasteiger partial charge in [0, 0.05) is 29.6 Å². The first-order chi connectivity index (χ1) is 10.6. The van der Waals surface area contributed by atoms with Gasteiger partial charge in [0.15, 0.2) is 0 Å². The van der Waals surface area contributed by atoms with Crippen LogP contribution in [0.15, 0.2) is 23.1 Å². The smallest absolute Gasteiger partial charge is 0.216 e. The van der Waals surface area contributed by atoms with E-state index < -0.39 is 0 Å². The Labute approximate surface area is 140 Å². The maximum absolute atomic E-state index is 6.16. The summed E-state index contributed by atoms with van der Waals surface area (Å²) in [5.41, 5.74) is 3.42. The zero-order valence-corrected chi connectivity index (χ0v) is 14.6. The van der Waals surface area contributed by atoms with Gasteiger partial charge >= 0.3 is 0 Å². The van der Waals surface area contributed by atoms with Gasteiger partial charge in [-0.15, -0.1) is 11.8 Å². The molecule has 0 aliphatic carbocycles. The number of aromatic nitrogens is 2. The highest BCUT2D eigenvalue weighted by atomic mass is 35.5. The van der Waals surface area contributed by atoms with Crippen molar-refractivity contribution in [3.63, 3.8) is 0 Å². The van der Waals surface area contributed by atoms with Gasteiger partial charge in [0.1, 0.15) is 0 Å². The molecule has 0 saturated heterocycles. The van der Waals surface area contributed by atoms with Crippen molar-refractivity contribution in [2.45, 2.75) is 30.8 Å². The third-order valence-corrected chi connectivity index (χ3v) is 5.38. The Hall–Kier alpha value is -1.17. The van der Waals surface area contributed by atoms with E-state index in [-0.39, 0.29) is 0 Å². The molecule has 3 rings (SSSR count). The highest BCUT2D eigenvalue weighted by molar-refractivity contribution is 7.99. The quantitative estimate of drug-likeness (QED) is 0.923. The first-order valence-corrected chi connectivity index (χ1v) is 8.68. The first-order valence-electron chi connectivity index (χ1n) is 7.32. The molecule has 22 heavy (non-hydrogen) atoms. The first kappa shape index (κ1) is 15.7. The Balaban J connectivity index is 1.80. The van der Waals surface area contributed by atoms with E-state index in [1.165, 1.54) is 10.5 Å². The molecule has 0 amide bonds. The van der Waals surface area contributed by atoms with E-state index in [4.69, 9.17) is 16.3 Å². The van der Waals surface area contributed by atoms with Gasteiger partial charge in [-0.3, -0.25) is 0 Å². The Morgan fingerprint density at radius 2 is 2.32 bits per heavy atom. The summed E-state index contributed by atoms with van der Waals surface area (Å²) in [7, 11) is 3.59. The van der Waals surface area contributed by atoms with Gasteiger partial charge in [0.05, 0.1) is 18.4 Å². The van der Waals surface area contributed by atoms with Crippen molar-refractivity contribution in [1.29, 1.82) is 0 Å². The molecule has 1 N–H and O–H groups in total. The molecule has 0 bridgehead atoms. The van der Waals surface area contributed by atoms with Crippen LogP contribution in [0.2, 0.25) is 5.02 Å². The number of methoxy groups -OCH3 is 1. The summed E-state index contributed by atoms with van der Waals surface area (Å²) in [5, 5.41) is 8.87. The molecule has 4 nitrogen and oxygen atoms in total. The van der Waals surface area contributed by atoms with Crippen molar-refractivity contribution in [2.75, 3.05) is 12.9 Å². The molecule has 6 heteroatoms. The van der Waals surface area contributed by atoms with Crippen LogP contribution in [-0.2, 0) is 13.6 Å². The highest BCUT2D eigenvalue weighted by Gasteiger charge is 2.22. The van der Waals surface area contributed by atoms with Crippen LogP contribution in [0.4, 0.5) is 0 Å². The van der Waals surface area contributed by atoms with Gasteiger partial charge in [-0.25, -0.2) is 4.68 Å². The number of hydrogen-bond donors (Lipinski definition) is 1. The normalized spacial score (nSPS) is 17.4. The SMILES string of the molecule is COc1c(CN[C@H]2CCSc3ccc(Cl)cc32)c(C)nn1C. The van der Waals surface area contributed by atoms with Gasteiger partial charge in [-0.1, -0.05) is 11.6 Å². The number of ether oxygens (including phenoxy) is 1. The molecular formula is C16H20ClN3OS. The van der Waals surface area contributed by atoms with Crippen LogP contribution in [0, 0.1) is 6.92 Å². The second-order valence-corrected chi connectivity index (χ2v) is 7.02. The van der Waals surface area contributed by atoms with E-state index in [1.54, 1.807) is 11.8 Å². The predicted octanol–water partition coefficient (Wildman–Crippen LogP) is 3.72. The van der Waals surface area contributed by atoms with Gasteiger partial charge in [0.2, 0.25) is 5.88 Å². The number of nitrogens with one attached hydrogen (secondary N) is 1. The van der Waals surface area contributed by atoms with Crippen molar-refractivity contribution in [2.24, 2.45) is 7.05 Å². The van der Waals surface area contributed by atoms with Crippen molar-refractivity contribution in [1.82, 2.24) is 15.1 Å². The van der Waals surface area contributed by atoms with Crippen LogP contribution >= 0.6 is 23.4 Å². The molecule has 1 aromatic carbocycles. The Bertz CT molecular complexity index is 686. The van der Waals surface area contributed by atoms with Crippen LogP contribution in [0.3, 0.4) is 0 Å². The summed E-state index contributed by atoms with van der Waals surface area (Å²) in [6.07, 6.45) is 1.10. The number of fused-ring (bicyclic) bond motifs is 1. The molecule has 0 unspecified atom stereocenters. The molecule has 118 valence electrons. The van der Waals surface area contributed by atoms with Crippen molar-refractivity contribution in [3.05, 3.63) is 40.0 Å². The molecule has 1 aliphatic rings. The molecule has 1 aromatic heterocycles. The number of benzene rings is 1. The summed E-state index contributed by atoms with van der Waals surface area (Å²) in [6.45, 7) is 2.76. The summed E-state index contributed by atoms with van der Waals surface area (Å²) < 4.78 is 7.25. The average molecular weight is 338 g/mol. The van der Waals surface area contributed by atoms with Gasteiger partial charge in [0.25, 0.3) is 0 Å². The van der Waals surface area contributed by atoms with E-state index in [9.17, 15) is 0 Å². The van der Waals surface area contributed by atoms with Crippen LogP contribution < -0.4 is 10.1 Å². The van der Waals surface area contributed by atoms with E-state index in [1.807, 2.05) is 31.8 Å². The zero-order valence-electron chi connectivity index (χ0n) is 13.0. The molecule has 0 radical (unpaired) electrons. The largest absolute Gasteiger partial charge is 0.481 e. The fraction of sp³-hybridized carbons (Fsp3) is 0.438. The van der Waals surface area contributed by atoms with Crippen molar-refractivity contribution >= 4 is 23.4 Å². The Kier molecular flexibility index (Phi) is 4.66. The number of halogens is 1. The van der Waals surface area contributed by atoms with Gasteiger partial charge in [-0.05, 0) is 42.9 Å². The molecule has 1 atom stereocenters. The molecule has 1 aliphatic heterocycles. The van der Waals surface area contributed by atoms with E-state index in [0.717, 1.165) is 40.9 Å². The fourth-order valence-electron chi connectivity index (χ4n) is 2.94. The lowest BCUT2D eigenvalue weighted by atomic mass is 10.0. The highest BCUT2D eigenvalue weighted by Crippen LogP contribution is 2.38. The van der Waals surface area contributed by atoms with Crippen LogP contribution in [0.5, 0.6) is 5.88 Å². The summed E-state index contributed by atoms with van der Waals surface area (Å²) in [6, 6.07) is 6.48. The van der Waals surface area contributed by atoms with Gasteiger partial charge in [-0.2, -0.15) is 5.10 Å². The maximum Gasteiger partial charge on any atom is 0.216 e. The summed E-state index contributed by atoms with van der Waals surface area (Å²) in [4.78, 5) is 1.32. The van der Waals surface area contributed by atoms with E-state index in [2.05, 4.69) is 22.5 Å². The van der Waals surface area contributed by atoms with Crippen molar-refractivity contribution in [3.8, 4) is 5.88 Å². The van der Waals surface area contributed by atoms with E-state index in [0.29, 0.717) is 6.04 Å². The molecule has 0 fully saturated rings. The minimum Gasteiger partial charge on any atom is -0.481 e. The number of nitrogens with zero attached hydrogens (tertiary/aromatic N) is 2. The summed E-state index contributed by atoms with van der Waals surface area (Å²) >= 11 is 8.06. The molecule has 0 saturated carbocycles. The Morgan fingerprint density at radius 1 is 1.50 bits per heavy atom. The van der Waals surface area contributed by atoms with E-state index >= 15 is 0 Å². The number of rotatable bonds is 4. The minimum atomic E-state index is 0.319. The Morgan fingerprint density at radius 3 is 3.09 bits per heavy atom. The lowest BCUT2D eigenvalue weighted by Gasteiger charge is -2.26. The number of aryl methyl sites for hydroxylation is 2. The molecule has 2 aromatic rings. The second-order valence-electron chi connectivity index (χ2n) is 5.45. The lowest BCUT2D eigenvalue weighted by molar-refractivity contribution is 0.366. The topological polar surface area (TPSA) is 39.1 Å². The molecular weight excluding hydrogens is 318 g/mol. The van der Waals surface area contributed by atoms with Crippen molar-refractivity contribution < 1.29 is 4.74 Å². The molecule has 0 spiro atoms. The second kappa shape index (κ2) is 6.52. The van der Waals surface area contributed by atoms with Crippen LogP contribution in [-0.4, -0.2) is 22.6 Å².